The highest BCUT2D eigenvalue weighted by atomic mass is 32.2. The summed E-state index contributed by atoms with van der Waals surface area (Å²) in [5.74, 6) is -20.5. The van der Waals surface area contributed by atoms with Gasteiger partial charge in [0.05, 0.1) is 13.2 Å². The first-order valence-corrected chi connectivity index (χ1v) is 27.7. The van der Waals surface area contributed by atoms with E-state index in [1.807, 2.05) is 0 Å². The number of nitrogens with zero attached hydrogens (tertiary/aromatic N) is 3. The third kappa shape index (κ3) is 28.2. The minimum absolute atomic E-state index is 0. The van der Waals surface area contributed by atoms with Crippen molar-refractivity contribution in [2.24, 2.45) is 0 Å². The molecule has 0 aliphatic heterocycles. The van der Waals surface area contributed by atoms with Crippen LogP contribution in [0.3, 0.4) is 0 Å². The monoisotopic (exact) mass is 1280 g/mol. The van der Waals surface area contributed by atoms with E-state index in [1.54, 1.807) is 0 Å². The molecular weight excluding hydrogens is 1200 g/mol. The summed E-state index contributed by atoms with van der Waals surface area (Å²) in [6.45, 7) is 9.41. The number of unbranched alkanes of at least 4 members (excludes halogenated alkanes) is 6. The molecule has 0 saturated carbocycles. The number of thioether (sulfide) groups is 2. The Kier molecular flexibility index (Phi) is 36.2. The molecule has 0 spiro atoms. The maximum Gasteiger partial charge on any atom is 0.430 e. The molecule has 488 valence electrons. The van der Waals surface area contributed by atoms with Crippen LogP contribution in [-0.2, 0) is 72.0 Å². The van der Waals surface area contributed by atoms with Crippen molar-refractivity contribution in [1.29, 1.82) is 0 Å². The van der Waals surface area contributed by atoms with Gasteiger partial charge in [-0.2, -0.15) is 67.4 Å². The summed E-state index contributed by atoms with van der Waals surface area (Å²) >= 11 is 2.60. The minimum atomic E-state index is -6.93. The van der Waals surface area contributed by atoms with Crippen LogP contribution in [0.2, 0.25) is 0 Å². The predicted octanol–water partition coefficient (Wildman–Crippen LogP) is 8.83. The Morgan fingerprint density at radius 2 is 0.765 bits per heavy atom. The molecule has 0 fully saturated rings. The molecular formula is C52H77F10N5O16S2. The van der Waals surface area contributed by atoms with Crippen LogP contribution in [-0.4, -0.2) is 153 Å². The second kappa shape index (κ2) is 38.0. The smallest absolute Gasteiger partial charge is 0.430 e. The van der Waals surface area contributed by atoms with Crippen molar-refractivity contribution in [3.8, 4) is 0 Å². The number of aromatic nitrogens is 3. The van der Waals surface area contributed by atoms with Gasteiger partial charge in [-0.05, 0) is 75.4 Å². The molecule has 0 unspecified atom stereocenters. The average molecular weight is 1280 g/mol. The van der Waals surface area contributed by atoms with Crippen molar-refractivity contribution in [1.82, 2.24) is 24.3 Å². The lowest BCUT2D eigenvalue weighted by Crippen LogP contribution is -2.61. The molecule has 0 aliphatic carbocycles. The Morgan fingerprint density at radius 3 is 1.08 bits per heavy atom. The number of carbonyl (C=O) groups is 6. The van der Waals surface area contributed by atoms with E-state index in [4.69, 9.17) is 28.4 Å². The van der Waals surface area contributed by atoms with Gasteiger partial charge in [0.15, 0.2) is 0 Å². The molecule has 0 radical (unpaired) electrons. The van der Waals surface area contributed by atoms with E-state index < -0.39 is 152 Å². The second-order valence-electron chi connectivity index (χ2n) is 18.7. The number of esters is 4. The normalized spacial score (nSPS) is 12.1. The van der Waals surface area contributed by atoms with Gasteiger partial charge in [-0.15, -0.1) is 0 Å². The van der Waals surface area contributed by atoms with Gasteiger partial charge in [0.2, 0.25) is 0 Å². The maximum absolute atomic E-state index is 15.1. The SMILES string of the molecule is C.C.C=CC(=O)OCC(C)(COC(=O)C=C)NC(=O)OCCCCCCSCCCn1c(=O)n(CCCSCCCCCCOC(=O)NC(C)(COC(=O)C=C)COC(=O)C=C)c(=O)n(CC(F)(F)C(F)(F)OC(F)(F)C(F)(F)C(C)(F)F)c1=O. The number of hydrogen-bond acceptors (Lipinski definition) is 18. The van der Waals surface area contributed by atoms with Gasteiger partial charge in [-0.25, -0.2) is 61.6 Å². The Balaban J connectivity index is 0. The van der Waals surface area contributed by atoms with Gasteiger partial charge in [0.1, 0.15) is 44.1 Å². The molecule has 0 saturated heterocycles. The molecule has 1 heterocycles. The van der Waals surface area contributed by atoms with Crippen molar-refractivity contribution < 1.29 is 106 Å². The summed E-state index contributed by atoms with van der Waals surface area (Å²) < 4.78 is 174. The highest BCUT2D eigenvalue weighted by Crippen LogP contribution is 2.50. The van der Waals surface area contributed by atoms with E-state index >= 15 is 8.78 Å². The van der Waals surface area contributed by atoms with Gasteiger partial charge < -0.3 is 39.1 Å². The number of rotatable bonds is 43. The quantitative estimate of drug-likeness (QED) is 0.0203. The second-order valence-corrected chi connectivity index (χ2v) is 21.1. The van der Waals surface area contributed by atoms with Gasteiger partial charge >= 0.3 is 83.1 Å². The molecule has 85 heavy (non-hydrogen) atoms. The molecule has 0 aromatic carbocycles. The average Bonchev–Trinajstić information content (AvgIpc) is 1.68. The maximum atomic E-state index is 15.1. The summed E-state index contributed by atoms with van der Waals surface area (Å²) in [6.07, 6.45) is -7.68. The topological polar surface area (TPSA) is 257 Å². The molecule has 0 bridgehead atoms. The Labute approximate surface area is 493 Å². The van der Waals surface area contributed by atoms with Crippen LogP contribution in [0.25, 0.3) is 0 Å². The van der Waals surface area contributed by atoms with Crippen LogP contribution >= 0.6 is 23.5 Å². The minimum Gasteiger partial charge on any atom is -0.460 e. The fourth-order valence-electron chi connectivity index (χ4n) is 6.50. The number of nitrogens with one attached hydrogen (secondary N) is 2. The zero-order valence-corrected chi connectivity index (χ0v) is 47.5. The van der Waals surface area contributed by atoms with Crippen LogP contribution in [0.4, 0.5) is 53.5 Å². The molecule has 0 atom stereocenters. The summed E-state index contributed by atoms with van der Waals surface area (Å²) in [5.41, 5.74) is -7.96. The summed E-state index contributed by atoms with van der Waals surface area (Å²) in [7, 11) is 0. The number of amides is 2. The van der Waals surface area contributed by atoms with E-state index in [9.17, 15) is 78.3 Å². The van der Waals surface area contributed by atoms with Gasteiger partial charge in [-0.3, -0.25) is 0 Å². The van der Waals surface area contributed by atoms with Crippen LogP contribution in [0.5, 0.6) is 0 Å². The Morgan fingerprint density at radius 1 is 0.459 bits per heavy atom. The highest BCUT2D eigenvalue weighted by molar-refractivity contribution is 7.99. The lowest BCUT2D eigenvalue weighted by atomic mass is 10.1. The van der Waals surface area contributed by atoms with Crippen LogP contribution in [0.1, 0.15) is 99.8 Å². The number of carbonyl (C=O) groups excluding carboxylic acids is 6. The molecule has 1 rings (SSSR count). The fourth-order valence-corrected chi connectivity index (χ4v) is 8.39. The third-order valence-electron chi connectivity index (χ3n) is 11.1. The van der Waals surface area contributed by atoms with E-state index in [1.165, 1.54) is 37.4 Å². The number of hydrogen-bond donors (Lipinski definition) is 2. The molecule has 0 aliphatic rings. The number of halogens is 10. The number of alkyl carbamates (subject to hydrolysis) is 2. The lowest BCUT2D eigenvalue weighted by Gasteiger charge is -2.34. The zero-order valence-electron chi connectivity index (χ0n) is 45.9. The highest BCUT2D eigenvalue weighted by Gasteiger charge is 2.75. The van der Waals surface area contributed by atoms with E-state index in [0.717, 1.165) is 24.3 Å². The molecule has 33 heteroatoms. The van der Waals surface area contributed by atoms with Gasteiger partial charge in [-0.1, -0.05) is 66.9 Å². The Bertz CT molecular complexity index is 2360. The zero-order chi connectivity index (χ0) is 63.3. The Hall–Kier alpha value is -6.25. The van der Waals surface area contributed by atoms with E-state index in [0.29, 0.717) is 62.9 Å². The van der Waals surface area contributed by atoms with Gasteiger partial charge in [0, 0.05) is 44.3 Å². The number of ether oxygens (including phenoxy) is 7. The van der Waals surface area contributed by atoms with Crippen LogP contribution in [0.15, 0.2) is 65.0 Å². The molecule has 2 N–H and O–H groups in total. The predicted molar refractivity (Wildman–Crippen MR) is 295 cm³/mol. The first kappa shape index (κ1) is 80.8. The first-order chi connectivity index (χ1) is 38.6. The lowest BCUT2D eigenvalue weighted by molar-refractivity contribution is -0.485. The fraction of sp³-hybridized carbons (Fsp3) is 0.673. The molecule has 1 aromatic heterocycles. The molecule has 2 amide bonds. The molecule has 1 aromatic rings. The summed E-state index contributed by atoms with van der Waals surface area (Å²) in [4.78, 5) is 111. The van der Waals surface area contributed by atoms with Crippen molar-refractivity contribution in [3.63, 3.8) is 0 Å². The largest absolute Gasteiger partial charge is 0.460 e. The van der Waals surface area contributed by atoms with Crippen molar-refractivity contribution in [2.75, 3.05) is 62.7 Å². The summed E-state index contributed by atoms with van der Waals surface area (Å²) in [6, 6.07) is 0. The third-order valence-corrected chi connectivity index (χ3v) is 13.4. The van der Waals surface area contributed by atoms with Crippen molar-refractivity contribution >= 4 is 59.6 Å². The van der Waals surface area contributed by atoms with Crippen LogP contribution < -0.4 is 27.7 Å². The van der Waals surface area contributed by atoms with Crippen molar-refractivity contribution in [2.45, 2.75) is 161 Å². The van der Waals surface area contributed by atoms with Crippen LogP contribution in [0, 0.1) is 0 Å². The standard InChI is InChI=1S/C50H69F10N5O16S2.2CH4/c1-8-35(66)77-31-44(5,32-78-36(67)9-2)61-39(70)75-24-16-12-14-18-26-82-28-20-22-63-41(72)64(43(74)65(42(63)73)30-47(53,54)49(57,58)81-50(59,60)48(55,56)46(7,51)52)23-21-29-83-27-19-15-13-17-25-76-40(71)62-45(6,33-79-37(68)10-3)34-80-38(69)11-4;;/h8-11H,1-4,12-34H2,5-7H3,(H,61,70)(H,62,71);2*1H4. The first-order valence-electron chi connectivity index (χ1n) is 25.3. The van der Waals surface area contributed by atoms with Crippen molar-refractivity contribution in [3.05, 3.63) is 82.1 Å². The van der Waals surface area contributed by atoms with E-state index in [2.05, 4.69) is 41.7 Å². The van der Waals surface area contributed by atoms with Gasteiger partial charge in [0.25, 0.3) is 0 Å². The number of alkyl halides is 10. The summed E-state index contributed by atoms with van der Waals surface area (Å²) in [5, 5.41) is 4.94. The van der Waals surface area contributed by atoms with E-state index in [-0.39, 0.29) is 61.5 Å². The molecule has 21 nitrogen and oxygen atoms in total.